The number of thioether (sulfide) groups is 1. The van der Waals surface area contributed by atoms with Crippen molar-refractivity contribution < 1.29 is 19.4 Å². The van der Waals surface area contributed by atoms with Crippen LogP contribution in [0.25, 0.3) is 11.1 Å². The number of aryl methyl sites for hydroxylation is 1. The number of hydrogen-bond acceptors (Lipinski definition) is 8. The average Bonchev–Trinajstić information content (AvgIpc) is 3.51. The molecule has 0 spiro atoms. The second-order valence-corrected chi connectivity index (χ2v) is 11.6. The Labute approximate surface area is 260 Å². The highest BCUT2D eigenvalue weighted by Gasteiger charge is 2.32. The number of aliphatic hydroxyl groups is 1. The van der Waals surface area contributed by atoms with Gasteiger partial charge in [-0.3, -0.25) is 9.78 Å². The number of rotatable bonds is 10. The van der Waals surface area contributed by atoms with Crippen LogP contribution < -0.4 is 5.32 Å². The summed E-state index contributed by atoms with van der Waals surface area (Å²) in [6.07, 6.45) is 4.74. The van der Waals surface area contributed by atoms with Gasteiger partial charge < -0.3 is 24.5 Å². The maximum absolute atomic E-state index is 12.5. The largest absolute Gasteiger partial charge is 0.392 e. The molecule has 2 N–H and O–H groups in total. The van der Waals surface area contributed by atoms with E-state index in [9.17, 15) is 9.90 Å². The molecule has 3 aromatic carbocycles. The molecule has 1 aliphatic heterocycles. The topological polar surface area (TPSA) is 111 Å². The molecule has 9 nitrogen and oxygen atoms in total. The minimum Gasteiger partial charge on any atom is -0.392 e. The number of nitrogens with one attached hydrogen (secondary N) is 1. The van der Waals surface area contributed by atoms with Gasteiger partial charge in [-0.1, -0.05) is 72.4 Å². The van der Waals surface area contributed by atoms with Crippen LogP contribution in [0, 0.1) is 0 Å². The first-order valence-electron chi connectivity index (χ1n) is 14.4. The molecule has 0 radical (unpaired) electrons. The lowest BCUT2D eigenvalue weighted by atomic mass is 9.99. The lowest BCUT2D eigenvalue weighted by molar-refractivity contribution is -0.245. The average molecular weight is 608 g/mol. The third-order valence-corrected chi connectivity index (χ3v) is 8.65. The summed E-state index contributed by atoms with van der Waals surface area (Å²) in [7, 11) is 1.93. The molecule has 3 atom stereocenters. The lowest BCUT2D eigenvalue weighted by Crippen LogP contribution is -2.31. The van der Waals surface area contributed by atoms with Gasteiger partial charge in [0.15, 0.2) is 11.4 Å². The van der Waals surface area contributed by atoms with Gasteiger partial charge >= 0.3 is 0 Å². The Morgan fingerprint density at radius 3 is 2.55 bits per heavy atom. The third-order valence-electron chi connectivity index (χ3n) is 7.48. The van der Waals surface area contributed by atoms with Crippen molar-refractivity contribution in [1.82, 2.24) is 25.1 Å². The Hall–Kier alpha value is -4.35. The normalized spacial score (nSPS) is 18.2. The molecule has 0 aliphatic carbocycles. The number of amides is 1. The van der Waals surface area contributed by atoms with Crippen LogP contribution in [-0.2, 0) is 29.7 Å². The third kappa shape index (κ3) is 7.23. The van der Waals surface area contributed by atoms with E-state index >= 15 is 0 Å². The van der Waals surface area contributed by atoms with Crippen LogP contribution in [0.5, 0.6) is 0 Å². The number of carbonyl (C=O) groups excluding carboxylic acids is 1. The highest BCUT2D eigenvalue weighted by molar-refractivity contribution is 7.99. The van der Waals surface area contributed by atoms with E-state index in [1.165, 1.54) is 0 Å². The number of benzene rings is 3. The molecule has 1 saturated heterocycles. The Morgan fingerprint density at radius 2 is 1.80 bits per heavy atom. The fourth-order valence-corrected chi connectivity index (χ4v) is 6.01. The smallest absolute Gasteiger partial charge is 0.253 e. The van der Waals surface area contributed by atoms with Crippen LogP contribution in [0.1, 0.15) is 51.4 Å². The summed E-state index contributed by atoms with van der Waals surface area (Å²) in [4.78, 5) is 16.5. The number of nitrogens with zero attached hydrogens (tertiary/aromatic N) is 4. The minimum atomic E-state index is -0.571. The van der Waals surface area contributed by atoms with Crippen LogP contribution in [0.4, 0.5) is 0 Å². The molecular weight excluding hydrogens is 574 g/mol. The summed E-state index contributed by atoms with van der Waals surface area (Å²) in [6.45, 7) is 0.400. The predicted octanol–water partition coefficient (Wildman–Crippen LogP) is 5.64. The maximum atomic E-state index is 12.5. The zero-order chi connectivity index (χ0) is 30.3. The summed E-state index contributed by atoms with van der Waals surface area (Å²) in [5, 5.41) is 21.5. The fourth-order valence-electron chi connectivity index (χ4n) is 5.10. The first-order chi connectivity index (χ1) is 21.6. The zero-order valence-corrected chi connectivity index (χ0v) is 25.1. The summed E-state index contributed by atoms with van der Waals surface area (Å²) >= 11 is 1.61. The van der Waals surface area contributed by atoms with E-state index in [2.05, 4.69) is 44.8 Å². The maximum Gasteiger partial charge on any atom is 0.253 e. The second kappa shape index (κ2) is 14.0. The van der Waals surface area contributed by atoms with Gasteiger partial charge in [-0.25, -0.2) is 0 Å². The molecule has 5 aromatic rings. The minimum absolute atomic E-state index is 0.000621. The molecule has 10 heteroatoms. The number of ether oxygens (including phenoxy) is 2. The first-order valence-corrected chi connectivity index (χ1v) is 15.4. The van der Waals surface area contributed by atoms with Gasteiger partial charge in [0.05, 0.1) is 24.4 Å². The van der Waals surface area contributed by atoms with E-state index in [0.717, 1.165) is 38.5 Å². The molecule has 0 saturated carbocycles. The monoisotopic (exact) mass is 607 g/mol. The fraction of sp³-hybridized carbons (Fsp3) is 0.235. The first kappa shape index (κ1) is 29.7. The summed E-state index contributed by atoms with van der Waals surface area (Å²) in [5.74, 6) is 0.536. The van der Waals surface area contributed by atoms with E-state index in [-0.39, 0.29) is 24.7 Å². The molecule has 3 heterocycles. The van der Waals surface area contributed by atoms with E-state index in [0.29, 0.717) is 24.3 Å². The van der Waals surface area contributed by atoms with Gasteiger partial charge in [-0.2, -0.15) is 0 Å². The standard InChI is InChI=1S/C34H33N5O4S/c1-39-22-37-38-34(39)44-21-30-17-31(25-12-10-23(20-40)11-13-25)43-33(42-30)28-8-3-7-27(16-28)26-6-2-5-24(15-26)18-36-32(41)29-9-4-14-35-19-29/h2-16,19,22,30-31,33,40H,17-18,20-21H2,1H3,(H,36,41)/t30-,31+,33+/m1/s1. The zero-order valence-electron chi connectivity index (χ0n) is 24.2. The van der Waals surface area contributed by atoms with Gasteiger partial charge in [0.2, 0.25) is 0 Å². The predicted molar refractivity (Wildman–Crippen MR) is 167 cm³/mol. The van der Waals surface area contributed by atoms with E-state index in [1.54, 1.807) is 42.6 Å². The van der Waals surface area contributed by atoms with Crippen LogP contribution in [-0.4, -0.2) is 42.6 Å². The number of pyridine rings is 1. The van der Waals surface area contributed by atoms with Crippen LogP contribution in [0.2, 0.25) is 0 Å². The van der Waals surface area contributed by atoms with Gasteiger partial charge in [0, 0.05) is 43.7 Å². The van der Waals surface area contributed by atoms with Crippen molar-refractivity contribution in [3.05, 3.63) is 131 Å². The van der Waals surface area contributed by atoms with Crippen molar-refractivity contribution in [1.29, 1.82) is 0 Å². The van der Waals surface area contributed by atoms with Crippen molar-refractivity contribution in [2.24, 2.45) is 7.05 Å². The number of aromatic nitrogens is 4. The SMILES string of the molecule is Cn1cnnc1SC[C@H]1C[C@@H](c2ccc(CO)cc2)O[C@@H](c2cccc(-c3cccc(CNC(=O)c4cccnc4)c3)c2)O1. The number of carbonyl (C=O) groups is 1. The van der Waals surface area contributed by atoms with Crippen molar-refractivity contribution in [2.45, 2.75) is 43.2 Å². The van der Waals surface area contributed by atoms with Gasteiger partial charge in [-0.15, -0.1) is 10.2 Å². The van der Waals surface area contributed by atoms with Crippen molar-refractivity contribution in [3.63, 3.8) is 0 Å². The van der Waals surface area contributed by atoms with Crippen LogP contribution in [0.15, 0.2) is 109 Å². The van der Waals surface area contributed by atoms with Gasteiger partial charge in [0.25, 0.3) is 5.91 Å². The summed E-state index contributed by atoms with van der Waals surface area (Å²) < 4.78 is 15.0. The molecule has 6 rings (SSSR count). The van der Waals surface area contributed by atoms with Crippen molar-refractivity contribution >= 4 is 17.7 Å². The lowest BCUT2D eigenvalue weighted by Gasteiger charge is -2.36. The second-order valence-electron chi connectivity index (χ2n) is 10.6. The molecule has 1 fully saturated rings. The number of aliphatic hydroxyl groups excluding tert-OH is 1. The summed E-state index contributed by atoms with van der Waals surface area (Å²) in [5.41, 5.74) is 6.39. The molecule has 44 heavy (non-hydrogen) atoms. The van der Waals surface area contributed by atoms with Crippen LogP contribution >= 0.6 is 11.8 Å². The Balaban J connectivity index is 1.20. The molecule has 2 aromatic heterocycles. The van der Waals surface area contributed by atoms with Crippen LogP contribution in [0.3, 0.4) is 0 Å². The molecule has 0 unspecified atom stereocenters. The van der Waals surface area contributed by atoms with E-state index in [1.807, 2.05) is 60.1 Å². The molecule has 1 amide bonds. The quantitative estimate of drug-likeness (QED) is 0.196. The molecule has 0 bridgehead atoms. The number of hydrogen-bond donors (Lipinski definition) is 2. The Kier molecular flexibility index (Phi) is 9.43. The van der Waals surface area contributed by atoms with Gasteiger partial charge in [-0.05, 0) is 52.1 Å². The van der Waals surface area contributed by atoms with Crippen molar-refractivity contribution in [3.8, 4) is 11.1 Å². The summed E-state index contributed by atoms with van der Waals surface area (Å²) in [6, 6.07) is 27.7. The molecule has 1 aliphatic rings. The van der Waals surface area contributed by atoms with Crippen molar-refractivity contribution in [2.75, 3.05) is 5.75 Å². The van der Waals surface area contributed by atoms with E-state index < -0.39 is 6.29 Å². The molecular formula is C34H33N5O4S. The van der Waals surface area contributed by atoms with Gasteiger partial charge in [0.1, 0.15) is 6.33 Å². The highest BCUT2D eigenvalue weighted by atomic mass is 32.2. The highest BCUT2D eigenvalue weighted by Crippen LogP contribution is 2.40. The Morgan fingerprint density at radius 1 is 0.977 bits per heavy atom. The van der Waals surface area contributed by atoms with E-state index in [4.69, 9.17) is 9.47 Å². The Bertz CT molecular complexity index is 1700. The molecule has 224 valence electrons.